The fourth-order valence-electron chi connectivity index (χ4n) is 3.43. The summed E-state index contributed by atoms with van der Waals surface area (Å²) in [4.78, 5) is 26.0. The molecule has 2 amide bonds. The Labute approximate surface area is 168 Å². The van der Waals surface area contributed by atoms with E-state index in [4.69, 9.17) is 14.2 Å². The van der Waals surface area contributed by atoms with E-state index in [9.17, 15) is 19.1 Å². The highest BCUT2D eigenvalue weighted by Crippen LogP contribution is 2.28. The van der Waals surface area contributed by atoms with Crippen LogP contribution in [0, 0.1) is 5.82 Å². The second kappa shape index (κ2) is 9.41. The monoisotopic (exact) mass is 410 g/mol. The molecule has 0 spiro atoms. The van der Waals surface area contributed by atoms with Crippen molar-refractivity contribution in [1.82, 2.24) is 4.90 Å². The Morgan fingerprint density at radius 3 is 2.79 bits per heavy atom. The van der Waals surface area contributed by atoms with Crippen LogP contribution in [0.15, 0.2) is 18.2 Å². The normalized spacial score (nSPS) is 20.9. The topological polar surface area (TPSA) is 97.3 Å². The van der Waals surface area contributed by atoms with E-state index in [1.54, 1.807) is 6.92 Å². The number of urea groups is 1. The average Bonchev–Trinajstić information content (AvgIpc) is 3.21. The van der Waals surface area contributed by atoms with Crippen LogP contribution in [0.25, 0.3) is 0 Å². The number of amides is 2. The molecule has 0 unspecified atom stereocenters. The molecule has 29 heavy (non-hydrogen) atoms. The first-order valence-electron chi connectivity index (χ1n) is 9.91. The molecule has 0 radical (unpaired) electrons. The van der Waals surface area contributed by atoms with Crippen LogP contribution in [0.4, 0.5) is 14.9 Å². The number of anilines is 1. The summed E-state index contributed by atoms with van der Waals surface area (Å²) >= 11 is 0. The number of benzene rings is 1. The summed E-state index contributed by atoms with van der Waals surface area (Å²) < 4.78 is 29.9. The Morgan fingerprint density at radius 1 is 1.38 bits per heavy atom. The van der Waals surface area contributed by atoms with E-state index in [0.717, 1.165) is 12.8 Å². The van der Waals surface area contributed by atoms with Gasteiger partial charge in [0.2, 0.25) is 0 Å². The van der Waals surface area contributed by atoms with Gasteiger partial charge in [0.05, 0.1) is 18.4 Å². The summed E-state index contributed by atoms with van der Waals surface area (Å²) in [5, 5.41) is 13.1. The van der Waals surface area contributed by atoms with Crippen LogP contribution in [0.2, 0.25) is 0 Å². The maximum atomic E-state index is 13.7. The minimum absolute atomic E-state index is 0.00810. The zero-order valence-electron chi connectivity index (χ0n) is 16.5. The minimum Gasteiger partial charge on any atom is -0.489 e. The number of nitrogens with zero attached hydrogens (tertiary/aromatic N) is 1. The lowest BCUT2D eigenvalue weighted by Gasteiger charge is -2.36. The van der Waals surface area contributed by atoms with Crippen molar-refractivity contribution in [3.8, 4) is 5.75 Å². The second-order valence-corrected chi connectivity index (χ2v) is 7.26. The number of hydrogen-bond acceptors (Lipinski definition) is 6. The van der Waals surface area contributed by atoms with Gasteiger partial charge in [-0.05, 0) is 31.9 Å². The van der Waals surface area contributed by atoms with E-state index in [-0.39, 0.29) is 44.3 Å². The summed E-state index contributed by atoms with van der Waals surface area (Å²) in [5.41, 5.74) is -1.36. The number of aliphatic hydroxyl groups is 1. The summed E-state index contributed by atoms with van der Waals surface area (Å²) in [6.07, 6.45) is 2.02. The first-order chi connectivity index (χ1) is 13.9. The van der Waals surface area contributed by atoms with Gasteiger partial charge < -0.3 is 29.5 Å². The third-order valence-electron chi connectivity index (χ3n) is 5.17. The first kappa shape index (κ1) is 21.3. The van der Waals surface area contributed by atoms with Crippen molar-refractivity contribution >= 4 is 17.7 Å². The highest BCUT2D eigenvalue weighted by Gasteiger charge is 2.41. The van der Waals surface area contributed by atoms with Crippen LogP contribution in [-0.4, -0.2) is 66.6 Å². The smallest absolute Gasteiger partial charge is 0.338 e. The third-order valence-corrected chi connectivity index (χ3v) is 5.17. The molecular formula is C20H27FN2O6. The van der Waals surface area contributed by atoms with Crippen molar-refractivity contribution in [3.63, 3.8) is 0 Å². The molecule has 2 heterocycles. The minimum atomic E-state index is -1.58. The van der Waals surface area contributed by atoms with Gasteiger partial charge in [0.1, 0.15) is 18.2 Å². The molecule has 2 saturated heterocycles. The summed E-state index contributed by atoms with van der Waals surface area (Å²) in [5.74, 6) is -0.814. The Bertz CT molecular complexity index is 730. The summed E-state index contributed by atoms with van der Waals surface area (Å²) in [6, 6.07) is 3.47. The number of ether oxygens (including phenoxy) is 3. The number of likely N-dealkylation sites (tertiary alicyclic amines) is 1. The van der Waals surface area contributed by atoms with Crippen molar-refractivity contribution in [2.75, 3.05) is 38.2 Å². The van der Waals surface area contributed by atoms with Gasteiger partial charge in [0.25, 0.3) is 0 Å². The molecule has 160 valence electrons. The third kappa shape index (κ3) is 5.36. The number of carbonyl (C=O) groups is 2. The molecule has 0 saturated carbocycles. The van der Waals surface area contributed by atoms with Crippen LogP contribution in [0.5, 0.6) is 5.75 Å². The number of hydrogen-bond donors (Lipinski definition) is 2. The lowest BCUT2D eigenvalue weighted by molar-refractivity contribution is -0.169. The molecule has 1 aromatic rings. The van der Waals surface area contributed by atoms with Crippen LogP contribution < -0.4 is 10.1 Å². The zero-order valence-corrected chi connectivity index (χ0v) is 16.5. The molecule has 2 N–H and O–H groups in total. The van der Waals surface area contributed by atoms with Crippen LogP contribution in [0.1, 0.15) is 32.6 Å². The van der Waals surface area contributed by atoms with E-state index in [0.29, 0.717) is 19.0 Å². The quantitative estimate of drug-likeness (QED) is 0.699. The maximum Gasteiger partial charge on any atom is 0.338 e. The van der Waals surface area contributed by atoms with Crippen molar-refractivity contribution in [2.45, 2.75) is 44.3 Å². The zero-order chi connectivity index (χ0) is 20.9. The lowest BCUT2D eigenvalue weighted by Crippen LogP contribution is -2.52. The molecular weight excluding hydrogens is 383 g/mol. The summed E-state index contributed by atoms with van der Waals surface area (Å²) in [6.45, 7) is 3.21. The molecule has 9 heteroatoms. The van der Waals surface area contributed by atoms with Gasteiger partial charge in [0, 0.05) is 38.6 Å². The molecule has 8 nitrogen and oxygen atoms in total. The second-order valence-electron chi connectivity index (χ2n) is 7.26. The van der Waals surface area contributed by atoms with E-state index in [2.05, 4.69) is 5.32 Å². The SMILES string of the molecule is CCOC(=O)C1(O)CCN(C(=O)Nc2cc(F)ccc2OC[C@@H]2CCCO2)CC1. The van der Waals surface area contributed by atoms with E-state index < -0.39 is 23.4 Å². The number of nitrogens with one attached hydrogen (secondary N) is 1. The van der Waals surface area contributed by atoms with Crippen LogP contribution >= 0.6 is 0 Å². The van der Waals surface area contributed by atoms with Gasteiger partial charge in [-0.15, -0.1) is 0 Å². The van der Waals surface area contributed by atoms with Crippen molar-refractivity contribution in [2.24, 2.45) is 0 Å². The fraction of sp³-hybridized carbons (Fsp3) is 0.600. The lowest BCUT2D eigenvalue weighted by atomic mass is 9.92. The predicted octanol–water partition coefficient (Wildman–Crippen LogP) is 2.31. The number of rotatable bonds is 6. The Kier molecular flexibility index (Phi) is 6.92. The molecule has 2 aliphatic heterocycles. The van der Waals surface area contributed by atoms with E-state index in [1.165, 1.54) is 23.1 Å². The predicted molar refractivity (Wildman–Crippen MR) is 102 cm³/mol. The molecule has 1 aromatic carbocycles. The Hall–Kier alpha value is -2.39. The van der Waals surface area contributed by atoms with E-state index >= 15 is 0 Å². The molecule has 0 aliphatic carbocycles. The number of piperidine rings is 1. The van der Waals surface area contributed by atoms with Crippen LogP contribution in [0.3, 0.4) is 0 Å². The molecule has 0 aromatic heterocycles. The molecule has 2 aliphatic rings. The number of esters is 1. The van der Waals surface area contributed by atoms with Gasteiger partial charge >= 0.3 is 12.0 Å². The van der Waals surface area contributed by atoms with Gasteiger partial charge in [-0.1, -0.05) is 0 Å². The largest absolute Gasteiger partial charge is 0.489 e. The first-order valence-corrected chi connectivity index (χ1v) is 9.91. The van der Waals surface area contributed by atoms with Gasteiger partial charge in [-0.2, -0.15) is 0 Å². The van der Waals surface area contributed by atoms with Crippen molar-refractivity contribution in [3.05, 3.63) is 24.0 Å². The Morgan fingerprint density at radius 2 is 2.14 bits per heavy atom. The number of halogens is 1. The van der Waals surface area contributed by atoms with E-state index in [1.807, 2.05) is 0 Å². The van der Waals surface area contributed by atoms with Gasteiger partial charge in [-0.25, -0.2) is 14.0 Å². The molecule has 1 atom stereocenters. The average molecular weight is 410 g/mol. The molecule has 2 fully saturated rings. The standard InChI is InChI=1S/C20H27FN2O6/c1-2-27-18(24)20(26)7-9-23(10-8-20)19(25)22-16-12-14(21)5-6-17(16)29-13-15-4-3-11-28-15/h5-6,12,15,26H,2-4,7-11,13H2,1H3,(H,22,25)/t15-/m0/s1. The van der Waals surface area contributed by atoms with Gasteiger partial charge in [0.15, 0.2) is 5.60 Å². The van der Waals surface area contributed by atoms with Crippen molar-refractivity contribution in [1.29, 1.82) is 0 Å². The maximum absolute atomic E-state index is 13.7. The fourth-order valence-corrected chi connectivity index (χ4v) is 3.43. The molecule has 3 rings (SSSR count). The van der Waals surface area contributed by atoms with Crippen LogP contribution in [-0.2, 0) is 14.3 Å². The highest BCUT2D eigenvalue weighted by molar-refractivity contribution is 5.91. The molecule has 0 bridgehead atoms. The Balaban J connectivity index is 1.59. The highest BCUT2D eigenvalue weighted by atomic mass is 19.1. The van der Waals surface area contributed by atoms with Gasteiger partial charge in [-0.3, -0.25) is 0 Å². The summed E-state index contributed by atoms with van der Waals surface area (Å²) in [7, 11) is 0. The number of carbonyl (C=O) groups excluding carboxylic acids is 2. The van der Waals surface area contributed by atoms with Crippen molar-refractivity contribution < 1.29 is 33.3 Å².